The van der Waals surface area contributed by atoms with Crippen LogP contribution < -0.4 is 15.8 Å². The molecule has 0 aliphatic carbocycles. The average molecular weight is 348 g/mol. The molecule has 0 aliphatic heterocycles. The minimum Gasteiger partial charge on any atom is -0.497 e. The van der Waals surface area contributed by atoms with Crippen molar-refractivity contribution >= 4 is 56.8 Å². The topological polar surface area (TPSA) is 77.2 Å². The lowest BCUT2D eigenvalue weighted by Gasteiger charge is -2.09. The van der Waals surface area contributed by atoms with Crippen LogP contribution in [-0.2, 0) is 4.79 Å². The number of fused-ring (bicyclic) bond motifs is 1. The fourth-order valence-corrected chi connectivity index (χ4v) is 3.05. The van der Waals surface area contributed by atoms with Gasteiger partial charge in [-0.15, -0.1) is 12.4 Å². The van der Waals surface area contributed by atoms with Gasteiger partial charge in [-0.3, -0.25) is 4.79 Å². The van der Waals surface area contributed by atoms with Gasteiger partial charge in [0.2, 0.25) is 5.91 Å². The summed E-state index contributed by atoms with van der Waals surface area (Å²) in [4.78, 5) is 16.3. The van der Waals surface area contributed by atoms with E-state index in [9.17, 15) is 4.79 Å². The minimum absolute atomic E-state index is 0. The van der Waals surface area contributed by atoms with Crippen LogP contribution in [0.15, 0.2) is 18.2 Å². The smallest absolute Gasteiger partial charge is 0.243 e. The number of nitrogens with zero attached hydrogens (tertiary/aromatic N) is 1. The van der Waals surface area contributed by atoms with E-state index in [2.05, 4.69) is 10.3 Å². The number of nitrogens with one attached hydrogen (secondary N) is 1. The molecular weight excluding hydrogens is 330 g/mol. The Hall–Kier alpha value is -1.02. The number of methoxy groups -OCH3 is 1. The summed E-state index contributed by atoms with van der Waals surface area (Å²) in [5, 5.41) is 3.34. The predicted octanol–water partition coefficient (Wildman–Crippen LogP) is 2.75. The summed E-state index contributed by atoms with van der Waals surface area (Å²) in [6, 6.07) is 5.12. The number of hydrogen-bond acceptors (Lipinski definition) is 6. The number of aromatic nitrogens is 1. The molecule has 0 aliphatic rings. The number of thiazole rings is 1. The summed E-state index contributed by atoms with van der Waals surface area (Å²) in [5.41, 5.74) is 6.66. The van der Waals surface area contributed by atoms with Gasteiger partial charge in [0.05, 0.1) is 23.4 Å². The molecule has 1 aromatic heterocycles. The van der Waals surface area contributed by atoms with Crippen molar-refractivity contribution in [1.29, 1.82) is 0 Å². The molecule has 21 heavy (non-hydrogen) atoms. The second-order valence-corrected chi connectivity index (χ2v) is 6.25. The predicted molar refractivity (Wildman–Crippen MR) is 93.0 cm³/mol. The minimum atomic E-state index is -0.496. The van der Waals surface area contributed by atoms with E-state index in [0.29, 0.717) is 11.6 Å². The highest BCUT2D eigenvalue weighted by Gasteiger charge is 2.15. The zero-order valence-electron chi connectivity index (χ0n) is 11.8. The first-order valence-electron chi connectivity index (χ1n) is 6.14. The third-order valence-electron chi connectivity index (χ3n) is 2.80. The maximum absolute atomic E-state index is 11.9. The van der Waals surface area contributed by atoms with Crippen LogP contribution in [-0.4, -0.2) is 36.1 Å². The van der Waals surface area contributed by atoms with Crippen LogP contribution in [0.1, 0.15) is 6.42 Å². The number of rotatable bonds is 6. The van der Waals surface area contributed by atoms with Crippen molar-refractivity contribution in [2.75, 3.05) is 24.4 Å². The quantitative estimate of drug-likeness (QED) is 0.840. The Balaban J connectivity index is 0.00000220. The van der Waals surface area contributed by atoms with Gasteiger partial charge in [0.15, 0.2) is 5.13 Å². The van der Waals surface area contributed by atoms with Crippen LogP contribution in [0.3, 0.4) is 0 Å². The van der Waals surface area contributed by atoms with Crippen LogP contribution in [0.25, 0.3) is 10.2 Å². The first-order valence-corrected chi connectivity index (χ1v) is 8.35. The average Bonchev–Trinajstić information content (AvgIpc) is 2.85. The Morgan fingerprint density at radius 1 is 1.57 bits per heavy atom. The summed E-state index contributed by atoms with van der Waals surface area (Å²) in [7, 11) is 1.62. The summed E-state index contributed by atoms with van der Waals surface area (Å²) in [6.07, 6.45) is 2.65. The zero-order valence-corrected chi connectivity index (χ0v) is 14.2. The number of thioether (sulfide) groups is 1. The van der Waals surface area contributed by atoms with Gasteiger partial charge in [0, 0.05) is 0 Å². The van der Waals surface area contributed by atoms with Gasteiger partial charge in [-0.25, -0.2) is 4.98 Å². The zero-order chi connectivity index (χ0) is 14.5. The van der Waals surface area contributed by atoms with Crippen molar-refractivity contribution in [1.82, 2.24) is 4.98 Å². The number of nitrogens with two attached hydrogens (primary N) is 1. The Morgan fingerprint density at radius 2 is 2.33 bits per heavy atom. The van der Waals surface area contributed by atoms with Gasteiger partial charge < -0.3 is 15.8 Å². The van der Waals surface area contributed by atoms with Gasteiger partial charge in [-0.05, 0) is 36.6 Å². The fourth-order valence-electron chi connectivity index (χ4n) is 1.66. The highest BCUT2D eigenvalue weighted by Crippen LogP contribution is 2.29. The molecule has 1 aromatic carbocycles. The van der Waals surface area contributed by atoms with E-state index in [-0.39, 0.29) is 18.3 Å². The lowest BCUT2D eigenvalue weighted by atomic mass is 10.2. The molecule has 0 spiro atoms. The Labute approximate surface area is 138 Å². The molecule has 116 valence electrons. The Bertz CT molecular complexity index is 606. The normalized spacial score (nSPS) is 11.8. The number of hydrogen-bond donors (Lipinski definition) is 2. The third kappa shape index (κ3) is 4.74. The van der Waals surface area contributed by atoms with Crippen molar-refractivity contribution in [3.8, 4) is 5.75 Å². The lowest BCUT2D eigenvalue weighted by molar-refractivity contribution is -0.117. The van der Waals surface area contributed by atoms with E-state index >= 15 is 0 Å². The van der Waals surface area contributed by atoms with E-state index < -0.39 is 6.04 Å². The maximum Gasteiger partial charge on any atom is 0.243 e. The largest absolute Gasteiger partial charge is 0.497 e. The molecule has 8 heteroatoms. The number of benzene rings is 1. The van der Waals surface area contributed by atoms with Gasteiger partial charge in [-0.2, -0.15) is 11.8 Å². The van der Waals surface area contributed by atoms with Crippen LogP contribution >= 0.6 is 35.5 Å². The van der Waals surface area contributed by atoms with Crippen molar-refractivity contribution in [2.24, 2.45) is 5.73 Å². The molecule has 0 fully saturated rings. The number of carbonyl (C=O) groups is 1. The second-order valence-electron chi connectivity index (χ2n) is 4.23. The Kier molecular flexibility index (Phi) is 7.24. The molecule has 2 rings (SSSR count). The lowest BCUT2D eigenvalue weighted by Crippen LogP contribution is -2.36. The van der Waals surface area contributed by atoms with Gasteiger partial charge in [0.1, 0.15) is 5.75 Å². The molecule has 0 bridgehead atoms. The molecule has 0 unspecified atom stereocenters. The summed E-state index contributed by atoms with van der Waals surface area (Å²) >= 11 is 3.09. The van der Waals surface area contributed by atoms with E-state index in [1.807, 2.05) is 24.5 Å². The van der Waals surface area contributed by atoms with E-state index in [4.69, 9.17) is 10.5 Å². The number of ether oxygens (including phenoxy) is 1. The van der Waals surface area contributed by atoms with Crippen molar-refractivity contribution in [2.45, 2.75) is 12.5 Å². The van der Waals surface area contributed by atoms with Gasteiger partial charge in [-0.1, -0.05) is 11.3 Å². The van der Waals surface area contributed by atoms with Crippen molar-refractivity contribution in [3.63, 3.8) is 0 Å². The Morgan fingerprint density at radius 3 is 3.00 bits per heavy atom. The van der Waals surface area contributed by atoms with Crippen LogP contribution in [0, 0.1) is 0 Å². The first kappa shape index (κ1) is 18.0. The van der Waals surface area contributed by atoms with Gasteiger partial charge in [0.25, 0.3) is 0 Å². The monoisotopic (exact) mass is 347 g/mol. The molecule has 3 N–H and O–H groups in total. The number of halogens is 1. The summed E-state index contributed by atoms with van der Waals surface area (Å²) in [5.74, 6) is 1.45. The molecule has 1 atom stereocenters. The summed E-state index contributed by atoms with van der Waals surface area (Å²) in [6.45, 7) is 0. The second kappa shape index (κ2) is 8.43. The molecule has 5 nitrogen and oxygen atoms in total. The highest BCUT2D eigenvalue weighted by molar-refractivity contribution is 7.98. The fraction of sp³-hybridized carbons (Fsp3) is 0.385. The van der Waals surface area contributed by atoms with Gasteiger partial charge >= 0.3 is 0 Å². The van der Waals surface area contributed by atoms with Crippen LogP contribution in [0.2, 0.25) is 0 Å². The molecular formula is C13H18ClN3O2S2. The molecule has 1 amide bonds. The number of amides is 1. The molecule has 0 radical (unpaired) electrons. The molecule has 0 saturated carbocycles. The highest BCUT2D eigenvalue weighted by atomic mass is 35.5. The van der Waals surface area contributed by atoms with Crippen LogP contribution in [0.5, 0.6) is 5.75 Å². The molecule has 1 heterocycles. The first-order chi connectivity index (χ1) is 9.63. The summed E-state index contributed by atoms with van der Waals surface area (Å²) < 4.78 is 6.13. The van der Waals surface area contributed by atoms with Crippen molar-refractivity contribution < 1.29 is 9.53 Å². The maximum atomic E-state index is 11.9. The van der Waals surface area contributed by atoms with E-state index in [0.717, 1.165) is 21.7 Å². The van der Waals surface area contributed by atoms with Crippen molar-refractivity contribution in [3.05, 3.63) is 18.2 Å². The number of carbonyl (C=O) groups excluding carboxylic acids is 1. The molecule has 0 saturated heterocycles. The van der Waals surface area contributed by atoms with E-state index in [1.165, 1.54) is 11.3 Å². The van der Waals surface area contributed by atoms with Crippen LogP contribution in [0.4, 0.5) is 5.13 Å². The third-order valence-corrected chi connectivity index (χ3v) is 4.37. The molecule has 2 aromatic rings. The SMILES string of the molecule is COc1ccc2nc(NC(=O)[C@@H](N)CCSC)sc2c1.Cl. The number of anilines is 1. The van der Waals surface area contributed by atoms with E-state index in [1.54, 1.807) is 18.9 Å². The standard InChI is InChI=1S/C13H17N3O2S2.ClH/c1-18-8-3-4-10-11(7-8)20-13(15-10)16-12(17)9(14)5-6-19-2;/h3-4,7,9H,5-6,14H2,1-2H3,(H,15,16,17);1H/t9-;/m0./s1.